The normalized spacial score (nSPS) is 13.0. The second-order valence-electron chi connectivity index (χ2n) is 8.30. The van der Waals surface area contributed by atoms with Crippen molar-refractivity contribution in [1.82, 2.24) is 5.32 Å². The van der Waals surface area contributed by atoms with Crippen LogP contribution in [0.4, 0.5) is 10.5 Å². The summed E-state index contributed by atoms with van der Waals surface area (Å²) in [4.78, 5) is 45.9. The summed E-state index contributed by atoms with van der Waals surface area (Å²) >= 11 is 0. The van der Waals surface area contributed by atoms with Crippen LogP contribution < -0.4 is 9.84 Å². The van der Waals surface area contributed by atoms with Crippen molar-refractivity contribution in [2.75, 3.05) is 6.16 Å². The number of aryl methyl sites for hydroxylation is 1. The van der Waals surface area contributed by atoms with Gasteiger partial charge in [-0.3, -0.25) is 10.1 Å². The van der Waals surface area contributed by atoms with E-state index in [1.165, 1.54) is 19.1 Å². The Balaban J connectivity index is 1.64. The monoisotopic (exact) mass is 542 g/mol. The van der Waals surface area contributed by atoms with Gasteiger partial charge in [0.15, 0.2) is 0 Å². The van der Waals surface area contributed by atoms with Gasteiger partial charge >= 0.3 is 19.7 Å². The van der Waals surface area contributed by atoms with Crippen LogP contribution in [0.15, 0.2) is 78.9 Å². The molecular formula is C26H27N2O9P. The van der Waals surface area contributed by atoms with Crippen molar-refractivity contribution < 1.29 is 38.0 Å². The first-order valence-corrected chi connectivity index (χ1v) is 13.3. The van der Waals surface area contributed by atoms with Gasteiger partial charge in [0.25, 0.3) is 5.69 Å². The van der Waals surface area contributed by atoms with Crippen molar-refractivity contribution >= 4 is 25.3 Å². The van der Waals surface area contributed by atoms with E-state index in [4.69, 9.17) is 14.0 Å². The minimum atomic E-state index is -4.33. The van der Waals surface area contributed by atoms with Gasteiger partial charge in [-0.15, -0.1) is 0 Å². The van der Waals surface area contributed by atoms with Crippen molar-refractivity contribution in [3.8, 4) is 5.75 Å². The minimum absolute atomic E-state index is 0.0140. The molecule has 38 heavy (non-hydrogen) atoms. The van der Waals surface area contributed by atoms with Crippen molar-refractivity contribution in [3.05, 3.63) is 106 Å². The molecule has 3 aromatic rings. The number of nitrogens with one attached hydrogen (secondary N) is 1. The molecule has 0 bridgehead atoms. The molecule has 0 saturated carbocycles. The number of nitrogens with zero attached hydrogens (tertiary/aromatic N) is 1. The highest BCUT2D eigenvalue weighted by Gasteiger charge is 2.30. The molecule has 2 unspecified atom stereocenters. The molecule has 3 rings (SSSR count). The third kappa shape index (κ3) is 9.02. The Labute approximate surface area is 219 Å². The number of ether oxygens (including phenoxy) is 2. The molecule has 0 spiro atoms. The average molecular weight is 542 g/mol. The maximum absolute atomic E-state index is 12.8. The first-order valence-electron chi connectivity index (χ1n) is 11.6. The van der Waals surface area contributed by atoms with Crippen LogP contribution in [0.5, 0.6) is 5.75 Å². The first-order chi connectivity index (χ1) is 18.1. The molecule has 2 N–H and O–H groups in total. The van der Waals surface area contributed by atoms with E-state index in [1.54, 1.807) is 48.5 Å². The number of nitro groups is 1. The smallest absolute Gasteiger partial charge is 0.408 e. The number of carbonyl (C=O) groups excluding carboxylic acids is 2. The lowest BCUT2D eigenvalue weighted by Gasteiger charge is -2.20. The third-order valence-corrected chi connectivity index (χ3v) is 6.63. The molecule has 0 fully saturated rings. The Morgan fingerprint density at radius 2 is 1.55 bits per heavy atom. The van der Waals surface area contributed by atoms with Crippen LogP contribution in [-0.4, -0.2) is 34.1 Å². The standard InChI is InChI=1S/C26H27N2O9P/c1-19-16-22(28(31)32)12-13-24(19)37-38(33,34)15-14-23(25(29)35-17-20-8-4-2-5-9-20)27-26(30)36-18-21-10-6-3-7-11-21/h2-13,16,23H,14-15,17-18H2,1H3,(H,27,30)(H,33,34). The Morgan fingerprint density at radius 1 is 0.974 bits per heavy atom. The van der Waals surface area contributed by atoms with Crippen molar-refractivity contribution in [3.63, 3.8) is 0 Å². The lowest BCUT2D eigenvalue weighted by molar-refractivity contribution is -0.384. The molecule has 0 aliphatic rings. The van der Waals surface area contributed by atoms with Crippen LogP contribution in [0.2, 0.25) is 0 Å². The summed E-state index contributed by atoms with van der Waals surface area (Å²) in [6, 6.07) is 20.1. The van der Waals surface area contributed by atoms with Gasteiger partial charge in [-0.2, -0.15) is 0 Å². The Morgan fingerprint density at radius 3 is 2.11 bits per heavy atom. The van der Waals surface area contributed by atoms with Crippen molar-refractivity contribution in [2.45, 2.75) is 32.6 Å². The molecule has 0 aliphatic heterocycles. The molecule has 0 aliphatic carbocycles. The molecule has 11 nitrogen and oxygen atoms in total. The molecule has 0 heterocycles. The van der Waals surface area contributed by atoms with Crippen LogP contribution in [0.25, 0.3) is 0 Å². The summed E-state index contributed by atoms with van der Waals surface area (Å²) in [5.41, 5.74) is 1.55. The number of hydrogen-bond donors (Lipinski definition) is 2. The predicted octanol–water partition coefficient (Wildman–Crippen LogP) is 4.90. The van der Waals surface area contributed by atoms with Gasteiger partial charge in [0.05, 0.1) is 11.1 Å². The molecule has 0 aromatic heterocycles. The number of benzene rings is 3. The van der Waals surface area contributed by atoms with Gasteiger partial charge in [-0.25, -0.2) is 14.2 Å². The second-order valence-corrected chi connectivity index (χ2v) is 10.2. The summed E-state index contributed by atoms with van der Waals surface area (Å²) in [6.07, 6.45) is -1.73. The number of carbonyl (C=O) groups is 2. The summed E-state index contributed by atoms with van der Waals surface area (Å²) in [7, 11) is -4.33. The van der Waals surface area contributed by atoms with Crippen molar-refractivity contribution in [1.29, 1.82) is 0 Å². The van der Waals surface area contributed by atoms with Crippen molar-refractivity contribution in [2.24, 2.45) is 0 Å². The number of alkyl carbamates (subject to hydrolysis) is 1. The Kier molecular flexibility index (Phi) is 9.98. The number of hydrogen-bond acceptors (Lipinski definition) is 8. The zero-order valence-electron chi connectivity index (χ0n) is 20.5. The molecule has 3 aromatic carbocycles. The summed E-state index contributed by atoms with van der Waals surface area (Å²) in [5, 5.41) is 13.3. The zero-order valence-corrected chi connectivity index (χ0v) is 21.4. The van der Waals surface area contributed by atoms with E-state index < -0.39 is 36.8 Å². The van der Waals surface area contributed by atoms with E-state index in [1.807, 2.05) is 12.1 Å². The van der Waals surface area contributed by atoms with E-state index >= 15 is 0 Å². The highest BCUT2D eigenvalue weighted by molar-refractivity contribution is 7.53. The van der Waals surface area contributed by atoms with Gasteiger partial charge in [-0.05, 0) is 36.1 Å². The van der Waals surface area contributed by atoms with Gasteiger partial charge in [0.2, 0.25) is 0 Å². The highest BCUT2D eigenvalue weighted by Crippen LogP contribution is 2.44. The SMILES string of the molecule is Cc1cc([N+](=O)[O-])ccc1OP(=O)(O)CCC(NC(=O)OCc1ccccc1)C(=O)OCc1ccccc1. The molecule has 1 amide bonds. The first kappa shape index (κ1) is 28.4. The van der Waals surface area contributed by atoms with Gasteiger partial charge in [0, 0.05) is 12.1 Å². The highest BCUT2D eigenvalue weighted by atomic mass is 31.2. The zero-order chi connectivity index (χ0) is 27.5. The van der Waals surface area contributed by atoms with E-state index in [0.29, 0.717) is 0 Å². The average Bonchev–Trinajstić information content (AvgIpc) is 2.90. The lowest BCUT2D eigenvalue weighted by Crippen LogP contribution is -2.42. The third-order valence-electron chi connectivity index (χ3n) is 5.32. The summed E-state index contributed by atoms with van der Waals surface area (Å²) in [5.74, 6) is -0.836. The van der Waals surface area contributed by atoms with E-state index in [0.717, 1.165) is 17.2 Å². The molecule has 0 radical (unpaired) electrons. The van der Waals surface area contributed by atoms with Crippen LogP contribution in [0, 0.1) is 17.0 Å². The lowest BCUT2D eigenvalue weighted by atomic mass is 10.2. The quantitative estimate of drug-likeness (QED) is 0.141. The predicted molar refractivity (Wildman–Crippen MR) is 138 cm³/mol. The number of amides is 1. The number of nitro benzene ring substituents is 1. The molecule has 2 atom stereocenters. The van der Waals surface area contributed by atoms with Gasteiger partial charge in [-0.1, -0.05) is 60.7 Å². The molecule has 0 saturated heterocycles. The summed E-state index contributed by atoms with van der Waals surface area (Å²) < 4.78 is 28.5. The topological polar surface area (TPSA) is 154 Å². The number of non-ortho nitro benzene ring substituents is 1. The fourth-order valence-corrected chi connectivity index (χ4v) is 4.51. The fraction of sp³-hybridized carbons (Fsp3) is 0.231. The second kappa shape index (κ2) is 13.4. The van der Waals surface area contributed by atoms with E-state index in [2.05, 4.69) is 5.32 Å². The Hall–Kier alpha value is -4.21. The van der Waals surface area contributed by atoms with Crippen LogP contribution >= 0.6 is 7.60 Å². The Bertz CT molecular complexity index is 1300. The fourth-order valence-electron chi connectivity index (χ4n) is 3.33. The maximum Gasteiger partial charge on any atom is 0.408 e. The summed E-state index contributed by atoms with van der Waals surface area (Å²) in [6.45, 7) is 1.39. The number of esters is 1. The number of rotatable bonds is 12. The van der Waals surface area contributed by atoms with Crippen LogP contribution in [-0.2, 0) is 32.0 Å². The molecule has 12 heteroatoms. The van der Waals surface area contributed by atoms with Crippen LogP contribution in [0.3, 0.4) is 0 Å². The maximum atomic E-state index is 12.8. The molecule has 200 valence electrons. The van der Waals surface area contributed by atoms with E-state index in [-0.39, 0.29) is 36.6 Å². The van der Waals surface area contributed by atoms with E-state index in [9.17, 15) is 29.2 Å². The largest absolute Gasteiger partial charge is 0.459 e. The van der Waals surface area contributed by atoms with Gasteiger partial charge in [0.1, 0.15) is 25.0 Å². The molecular weight excluding hydrogens is 515 g/mol. The minimum Gasteiger partial charge on any atom is -0.459 e. The van der Waals surface area contributed by atoms with Crippen LogP contribution in [0.1, 0.15) is 23.1 Å². The van der Waals surface area contributed by atoms with Gasteiger partial charge < -0.3 is 24.2 Å².